The standard InChI is InChI=1S/C15H23N4O13P3/c1-2-6-28-11-7-13(19-8-10(4-3-5-16)14(17)18-15(19)20)30-12(11)9-29-34(24,25)32-35(26,27)31-33(21,22)23/h2,8,11-13H,1,5-7,9,16H2,(H,24,25)(H,26,27)(H2,17,18,20)(H2,21,22,23)/t11-,12+,13+/m0/s1. The lowest BCUT2D eigenvalue weighted by Crippen LogP contribution is -2.29. The second-order valence-electron chi connectivity index (χ2n) is 6.65. The molecule has 2 rings (SSSR count). The predicted molar refractivity (Wildman–Crippen MR) is 117 cm³/mol. The maximum absolute atomic E-state index is 12.4. The maximum atomic E-state index is 12.4. The summed E-state index contributed by atoms with van der Waals surface area (Å²) < 4.78 is 58.4. The van der Waals surface area contributed by atoms with E-state index in [9.17, 15) is 28.3 Å². The zero-order chi connectivity index (χ0) is 26.4. The Kier molecular flexibility index (Phi) is 10.1. The molecule has 1 fully saturated rings. The molecular formula is C15H23N4O13P3. The van der Waals surface area contributed by atoms with Gasteiger partial charge >= 0.3 is 29.2 Å². The normalized spacial score (nSPS) is 23.6. The SMILES string of the molecule is C=CCO[C@H]1C[C@H](n2cc(C#CCN)c(N)nc2=O)O[C@@H]1COP(=O)(O)OP(=O)(O)OP(=O)(O)O. The first-order chi connectivity index (χ1) is 16.2. The molecule has 1 aromatic heterocycles. The minimum Gasteiger partial charge on any atom is -0.382 e. The summed E-state index contributed by atoms with van der Waals surface area (Å²) in [5.74, 6) is 5.09. The average molecular weight is 560 g/mol. The molecule has 0 radical (unpaired) electrons. The largest absolute Gasteiger partial charge is 0.490 e. The van der Waals surface area contributed by atoms with Gasteiger partial charge in [-0.15, -0.1) is 6.58 Å². The Morgan fingerprint density at radius 1 is 1.26 bits per heavy atom. The highest BCUT2D eigenvalue weighted by molar-refractivity contribution is 7.66. The van der Waals surface area contributed by atoms with Crippen molar-refractivity contribution in [2.45, 2.75) is 24.9 Å². The van der Waals surface area contributed by atoms with Crippen LogP contribution in [0.3, 0.4) is 0 Å². The van der Waals surface area contributed by atoms with Crippen LogP contribution in [0, 0.1) is 11.8 Å². The number of phosphoric ester groups is 1. The Morgan fingerprint density at radius 2 is 1.94 bits per heavy atom. The van der Waals surface area contributed by atoms with Crippen LogP contribution in [0.15, 0.2) is 23.6 Å². The van der Waals surface area contributed by atoms with E-state index in [-0.39, 0.29) is 31.0 Å². The van der Waals surface area contributed by atoms with Crippen molar-refractivity contribution >= 4 is 29.3 Å². The second kappa shape index (κ2) is 12.0. The fourth-order valence-electron chi connectivity index (χ4n) is 2.79. The number of nitrogens with zero attached hydrogens (tertiary/aromatic N) is 2. The number of hydrogen-bond donors (Lipinski definition) is 6. The van der Waals surface area contributed by atoms with Crippen LogP contribution in [0.1, 0.15) is 18.2 Å². The van der Waals surface area contributed by atoms with Gasteiger partial charge in [-0.2, -0.15) is 13.6 Å². The molecule has 0 spiro atoms. The van der Waals surface area contributed by atoms with E-state index in [1.165, 1.54) is 12.3 Å². The molecule has 20 heteroatoms. The van der Waals surface area contributed by atoms with Crippen molar-refractivity contribution in [1.82, 2.24) is 9.55 Å². The predicted octanol–water partition coefficient (Wildman–Crippen LogP) is -0.662. The van der Waals surface area contributed by atoms with Crippen molar-refractivity contribution in [3.05, 3.63) is 34.9 Å². The van der Waals surface area contributed by atoms with Crippen LogP contribution in [0.5, 0.6) is 0 Å². The first-order valence-corrected chi connectivity index (χ1v) is 13.9. The molecule has 8 N–H and O–H groups in total. The summed E-state index contributed by atoms with van der Waals surface area (Å²) >= 11 is 0. The Hall–Kier alpha value is -1.73. The molecular weight excluding hydrogens is 537 g/mol. The first kappa shape index (κ1) is 29.5. The van der Waals surface area contributed by atoms with Gasteiger partial charge in [0.05, 0.1) is 31.4 Å². The van der Waals surface area contributed by atoms with Crippen molar-refractivity contribution in [3.8, 4) is 11.8 Å². The second-order valence-corrected chi connectivity index (χ2v) is 11.1. The Morgan fingerprint density at radius 3 is 2.54 bits per heavy atom. The maximum Gasteiger partial charge on any atom is 0.490 e. The van der Waals surface area contributed by atoms with E-state index in [2.05, 4.69) is 36.5 Å². The van der Waals surface area contributed by atoms with E-state index < -0.39 is 54.2 Å². The van der Waals surface area contributed by atoms with Gasteiger partial charge in [0, 0.05) is 12.6 Å². The van der Waals surface area contributed by atoms with E-state index in [1.54, 1.807) is 0 Å². The molecule has 1 saturated heterocycles. The zero-order valence-electron chi connectivity index (χ0n) is 17.8. The molecule has 0 aliphatic carbocycles. The van der Waals surface area contributed by atoms with Crippen molar-refractivity contribution in [1.29, 1.82) is 0 Å². The number of rotatable bonds is 11. The lowest BCUT2D eigenvalue weighted by atomic mass is 10.2. The number of hydrogen-bond acceptors (Lipinski definition) is 12. The molecule has 2 unspecified atom stereocenters. The topological polar surface area (TPSA) is 265 Å². The smallest absolute Gasteiger partial charge is 0.382 e. The first-order valence-electron chi connectivity index (χ1n) is 9.40. The molecule has 0 bridgehead atoms. The lowest BCUT2D eigenvalue weighted by Gasteiger charge is -2.21. The van der Waals surface area contributed by atoms with Crippen LogP contribution < -0.4 is 17.2 Å². The highest BCUT2D eigenvalue weighted by Crippen LogP contribution is 2.66. The number of phosphoric acid groups is 3. The van der Waals surface area contributed by atoms with Gasteiger partial charge in [-0.1, -0.05) is 17.9 Å². The Balaban J connectivity index is 2.20. The monoisotopic (exact) mass is 560 g/mol. The van der Waals surface area contributed by atoms with E-state index in [0.29, 0.717) is 0 Å². The molecule has 35 heavy (non-hydrogen) atoms. The summed E-state index contributed by atoms with van der Waals surface area (Å²) in [6.45, 7) is 2.77. The zero-order valence-corrected chi connectivity index (χ0v) is 20.5. The van der Waals surface area contributed by atoms with Gasteiger partial charge < -0.3 is 40.5 Å². The van der Waals surface area contributed by atoms with Crippen molar-refractivity contribution in [2.75, 3.05) is 25.5 Å². The van der Waals surface area contributed by atoms with Crippen LogP contribution in [0.2, 0.25) is 0 Å². The van der Waals surface area contributed by atoms with Gasteiger partial charge in [0.2, 0.25) is 0 Å². The minimum absolute atomic E-state index is 0.0214. The summed E-state index contributed by atoms with van der Waals surface area (Å²) in [5.41, 5.74) is 10.4. The number of ether oxygens (including phenoxy) is 2. The third-order valence-corrected chi connectivity index (χ3v) is 7.85. The molecule has 1 aliphatic rings. The van der Waals surface area contributed by atoms with E-state index in [4.69, 9.17) is 30.7 Å². The molecule has 1 aliphatic heterocycles. The summed E-state index contributed by atoms with van der Waals surface area (Å²) in [5, 5.41) is 0. The number of aromatic nitrogens is 2. The molecule has 17 nitrogen and oxygen atoms in total. The minimum atomic E-state index is -5.69. The van der Waals surface area contributed by atoms with Crippen LogP contribution >= 0.6 is 23.5 Å². The summed E-state index contributed by atoms with van der Waals surface area (Å²) in [4.78, 5) is 52.1. The van der Waals surface area contributed by atoms with Gasteiger partial charge in [-0.05, 0) is 0 Å². The third-order valence-electron chi connectivity index (χ3n) is 4.04. The average Bonchev–Trinajstić information content (AvgIpc) is 3.10. The third kappa shape index (κ3) is 9.34. The van der Waals surface area contributed by atoms with Gasteiger partial charge in [0.15, 0.2) is 0 Å². The van der Waals surface area contributed by atoms with Crippen LogP contribution in [0.25, 0.3) is 0 Å². The Bertz CT molecular complexity index is 1190. The molecule has 0 amide bonds. The van der Waals surface area contributed by atoms with Gasteiger partial charge in [-0.3, -0.25) is 9.09 Å². The molecule has 2 heterocycles. The summed E-state index contributed by atoms with van der Waals surface area (Å²) in [6.07, 6.45) is -0.273. The fraction of sp³-hybridized carbons (Fsp3) is 0.467. The quantitative estimate of drug-likeness (QED) is 0.111. The van der Waals surface area contributed by atoms with Crippen LogP contribution in [-0.2, 0) is 36.3 Å². The van der Waals surface area contributed by atoms with Crippen molar-refractivity contribution in [2.24, 2.45) is 5.73 Å². The van der Waals surface area contributed by atoms with E-state index >= 15 is 0 Å². The van der Waals surface area contributed by atoms with Crippen molar-refractivity contribution in [3.63, 3.8) is 0 Å². The van der Waals surface area contributed by atoms with E-state index in [1.807, 2.05) is 0 Å². The lowest BCUT2D eigenvalue weighted by molar-refractivity contribution is -0.0570. The van der Waals surface area contributed by atoms with Crippen LogP contribution in [-0.4, -0.2) is 61.1 Å². The number of nitrogens with two attached hydrogens (primary N) is 2. The highest BCUT2D eigenvalue weighted by atomic mass is 31.3. The molecule has 196 valence electrons. The number of anilines is 1. The highest BCUT2D eigenvalue weighted by Gasteiger charge is 2.43. The van der Waals surface area contributed by atoms with Gasteiger partial charge in [0.1, 0.15) is 18.1 Å². The molecule has 5 atom stereocenters. The number of nitrogen functional groups attached to an aromatic ring is 1. The summed E-state index contributed by atoms with van der Waals surface area (Å²) in [7, 11) is -16.6. The van der Waals surface area contributed by atoms with Crippen molar-refractivity contribution < 1.29 is 55.9 Å². The van der Waals surface area contributed by atoms with Crippen LogP contribution in [0.4, 0.5) is 5.82 Å². The van der Waals surface area contributed by atoms with E-state index in [0.717, 1.165) is 4.57 Å². The summed E-state index contributed by atoms with van der Waals surface area (Å²) in [6, 6.07) is 0. The van der Waals surface area contributed by atoms with Gasteiger partial charge in [-0.25, -0.2) is 18.5 Å². The molecule has 0 aromatic carbocycles. The molecule has 0 saturated carbocycles. The fourth-order valence-corrected chi connectivity index (χ4v) is 5.82. The Labute approximate surface area is 198 Å². The van der Waals surface area contributed by atoms with Gasteiger partial charge in [0.25, 0.3) is 0 Å². The molecule has 1 aromatic rings.